The number of rotatable bonds is 3. The maximum Gasteiger partial charge on any atom is 0.137 e. The van der Waals surface area contributed by atoms with Gasteiger partial charge in [0.25, 0.3) is 0 Å². The molecule has 1 nitrogen and oxygen atoms in total. The molecule has 2 aromatic rings. The highest BCUT2D eigenvalue weighted by atomic mass is 79.9. The molecule has 0 atom stereocenters. The first-order valence-electron chi connectivity index (χ1n) is 5.08. The van der Waals surface area contributed by atoms with Crippen LogP contribution in [0.25, 0.3) is 0 Å². The Morgan fingerprint density at radius 3 is 2.71 bits per heavy atom. The van der Waals surface area contributed by atoms with Crippen molar-refractivity contribution >= 4 is 33.4 Å². The predicted octanol–water partition coefficient (Wildman–Crippen LogP) is 4.46. The minimum atomic E-state index is -0.226. The van der Waals surface area contributed by atoms with E-state index in [1.807, 2.05) is 30.3 Å². The van der Waals surface area contributed by atoms with Gasteiger partial charge in [0.05, 0.1) is 4.47 Å². The molecular formula is C13H11BrFNS. The van der Waals surface area contributed by atoms with Gasteiger partial charge in [0.1, 0.15) is 5.82 Å². The highest BCUT2D eigenvalue weighted by molar-refractivity contribution is 9.10. The summed E-state index contributed by atoms with van der Waals surface area (Å²) in [5.74, 6) is 0.484. The third-order valence-electron chi connectivity index (χ3n) is 2.28. The van der Waals surface area contributed by atoms with Crippen LogP contribution in [0.3, 0.4) is 0 Å². The van der Waals surface area contributed by atoms with Crippen LogP contribution in [-0.4, -0.2) is 0 Å². The van der Waals surface area contributed by atoms with Crippen LogP contribution < -0.4 is 5.73 Å². The zero-order chi connectivity index (χ0) is 12.3. The maximum absolute atomic E-state index is 13.3. The van der Waals surface area contributed by atoms with Gasteiger partial charge in [0, 0.05) is 16.3 Å². The van der Waals surface area contributed by atoms with Crippen LogP contribution >= 0.6 is 27.7 Å². The molecule has 0 unspecified atom stereocenters. The van der Waals surface area contributed by atoms with Crippen LogP contribution in [0.4, 0.5) is 10.1 Å². The molecule has 0 spiro atoms. The van der Waals surface area contributed by atoms with Crippen molar-refractivity contribution in [3.8, 4) is 0 Å². The van der Waals surface area contributed by atoms with Crippen molar-refractivity contribution in [1.29, 1.82) is 0 Å². The number of nitrogen functional groups attached to an aromatic ring is 1. The summed E-state index contributed by atoms with van der Waals surface area (Å²) in [4.78, 5) is 1.08. The van der Waals surface area contributed by atoms with Gasteiger partial charge in [-0.15, -0.1) is 11.8 Å². The van der Waals surface area contributed by atoms with Crippen LogP contribution in [0.2, 0.25) is 0 Å². The Morgan fingerprint density at radius 2 is 1.94 bits per heavy atom. The molecule has 0 aromatic heterocycles. The van der Waals surface area contributed by atoms with Crippen LogP contribution in [0.15, 0.2) is 51.8 Å². The van der Waals surface area contributed by atoms with Gasteiger partial charge < -0.3 is 5.73 Å². The lowest BCUT2D eigenvalue weighted by molar-refractivity contribution is 0.619. The Hall–Kier alpha value is -1.00. The monoisotopic (exact) mass is 311 g/mol. The summed E-state index contributed by atoms with van der Waals surface area (Å²) in [7, 11) is 0. The minimum Gasteiger partial charge on any atom is -0.399 e. The number of benzene rings is 2. The lowest BCUT2D eigenvalue weighted by atomic mass is 10.2. The Morgan fingerprint density at radius 1 is 1.18 bits per heavy atom. The fourth-order valence-corrected chi connectivity index (χ4v) is 2.97. The first kappa shape index (κ1) is 12.5. The third kappa shape index (κ3) is 3.23. The Labute approximate surface area is 112 Å². The first-order chi connectivity index (χ1) is 8.16. The van der Waals surface area contributed by atoms with E-state index in [4.69, 9.17) is 5.73 Å². The molecule has 0 bridgehead atoms. The van der Waals surface area contributed by atoms with Gasteiger partial charge in [0.2, 0.25) is 0 Å². The summed E-state index contributed by atoms with van der Waals surface area (Å²) in [5.41, 5.74) is 7.38. The number of anilines is 1. The number of nitrogens with two attached hydrogens (primary N) is 1. The van der Waals surface area contributed by atoms with Gasteiger partial charge in [-0.25, -0.2) is 4.39 Å². The average molecular weight is 312 g/mol. The quantitative estimate of drug-likeness (QED) is 0.669. The van der Waals surface area contributed by atoms with Crippen molar-refractivity contribution in [2.24, 2.45) is 0 Å². The Kier molecular flexibility index (Phi) is 4.07. The molecule has 0 fully saturated rings. The van der Waals surface area contributed by atoms with Crippen LogP contribution in [-0.2, 0) is 5.75 Å². The topological polar surface area (TPSA) is 26.0 Å². The van der Waals surface area contributed by atoms with Crippen molar-refractivity contribution < 1.29 is 4.39 Å². The minimum absolute atomic E-state index is 0.226. The average Bonchev–Trinajstić information content (AvgIpc) is 2.31. The van der Waals surface area contributed by atoms with Gasteiger partial charge in [-0.2, -0.15) is 0 Å². The summed E-state index contributed by atoms with van der Waals surface area (Å²) in [6.45, 7) is 0. The summed E-state index contributed by atoms with van der Waals surface area (Å²) in [6.07, 6.45) is 0. The molecule has 2 aromatic carbocycles. The molecule has 2 rings (SSSR count). The Balaban J connectivity index is 2.10. The number of hydrogen-bond acceptors (Lipinski definition) is 2. The predicted molar refractivity (Wildman–Crippen MR) is 74.5 cm³/mol. The summed E-state index contributed by atoms with van der Waals surface area (Å²) >= 11 is 4.89. The maximum atomic E-state index is 13.3. The molecule has 0 amide bonds. The second-order valence-corrected chi connectivity index (χ2v) is 5.42. The molecule has 4 heteroatoms. The molecule has 88 valence electrons. The van der Waals surface area contributed by atoms with E-state index in [0.717, 1.165) is 16.1 Å². The fraction of sp³-hybridized carbons (Fsp3) is 0.0769. The largest absolute Gasteiger partial charge is 0.399 e. The van der Waals surface area contributed by atoms with Crippen molar-refractivity contribution in [1.82, 2.24) is 0 Å². The standard InChI is InChI=1S/C13H11BrFNS/c14-13-9(3-1-6-12(13)15)8-17-11-5-2-4-10(16)7-11/h1-7H,8,16H2. The van der Waals surface area contributed by atoms with Crippen LogP contribution in [0.1, 0.15) is 5.56 Å². The first-order valence-corrected chi connectivity index (χ1v) is 6.86. The zero-order valence-corrected chi connectivity index (χ0v) is 11.4. The molecule has 0 aliphatic rings. The van der Waals surface area contributed by atoms with E-state index in [0.29, 0.717) is 10.2 Å². The smallest absolute Gasteiger partial charge is 0.137 e. The normalized spacial score (nSPS) is 10.5. The van der Waals surface area contributed by atoms with Gasteiger partial charge in [-0.1, -0.05) is 18.2 Å². The molecule has 17 heavy (non-hydrogen) atoms. The molecular weight excluding hydrogens is 301 g/mol. The van der Waals surface area contributed by atoms with E-state index < -0.39 is 0 Å². The lowest BCUT2D eigenvalue weighted by Crippen LogP contribution is -1.87. The van der Waals surface area contributed by atoms with Gasteiger partial charge in [-0.3, -0.25) is 0 Å². The molecule has 0 saturated carbocycles. The molecule has 0 radical (unpaired) electrons. The highest BCUT2D eigenvalue weighted by Gasteiger charge is 2.05. The van der Waals surface area contributed by atoms with E-state index in [2.05, 4.69) is 15.9 Å². The molecule has 0 aliphatic heterocycles. The van der Waals surface area contributed by atoms with E-state index >= 15 is 0 Å². The Bertz CT molecular complexity index is 531. The fourth-order valence-electron chi connectivity index (χ4n) is 1.43. The summed E-state index contributed by atoms with van der Waals surface area (Å²) in [5, 5.41) is 0. The second-order valence-electron chi connectivity index (χ2n) is 3.57. The summed E-state index contributed by atoms with van der Waals surface area (Å²) in [6, 6.07) is 12.7. The highest BCUT2D eigenvalue weighted by Crippen LogP contribution is 2.29. The second kappa shape index (κ2) is 5.56. The van der Waals surface area contributed by atoms with Gasteiger partial charge in [0.15, 0.2) is 0 Å². The van der Waals surface area contributed by atoms with Crippen molar-refractivity contribution in [2.75, 3.05) is 5.73 Å². The van der Waals surface area contributed by atoms with Crippen molar-refractivity contribution in [2.45, 2.75) is 10.6 Å². The van der Waals surface area contributed by atoms with Gasteiger partial charge in [-0.05, 0) is 45.8 Å². The number of thioether (sulfide) groups is 1. The van der Waals surface area contributed by atoms with E-state index in [-0.39, 0.29) is 5.82 Å². The van der Waals surface area contributed by atoms with Crippen LogP contribution in [0, 0.1) is 5.82 Å². The molecule has 0 aliphatic carbocycles. The van der Waals surface area contributed by atoms with E-state index in [1.165, 1.54) is 6.07 Å². The van der Waals surface area contributed by atoms with E-state index in [9.17, 15) is 4.39 Å². The van der Waals surface area contributed by atoms with Crippen molar-refractivity contribution in [3.63, 3.8) is 0 Å². The lowest BCUT2D eigenvalue weighted by Gasteiger charge is -2.05. The molecule has 0 heterocycles. The van der Waals surface area contributed by atoms with Gasteiger partial charge >= 0.3 is 0 Å². The number of halogens is 2. The van der Waals surface area contributed by atoms with Crippen LogP contribution in [0.5, 0.6) is 0 Å². The zero-order valence-electron chi connectivity index (χ0n) is 8.99. The number of hydrogen-bond donors (Lipinski definition) is 1. The van der Waals surface area contributed by atoms with Crippen molar-refractivity contribution in [3.05, 3.63) is 58.3 Å². The molecule has 2 N–H and O–H groups in total. The summed E-state index contributed by atoms with van der Waals surface area (Å²) < 4.78 is 13.8. The SMILES string of the molecule is Nc1cccc(SCc2cccc(F)c2Br)c1. The third-order valence-corrected chi connectivity index (χ3v) is 4.21. The van der Waals surface area contributed by atoms with E-state index in [1.54, 1.807) is 17.8 Å². The molecule has 0 saturated heterocycles.